The van der Waals surface area contributed by atoms with Crippen LogP contribution in [0.15, 0.2) is 12.4 Å². The van der Waals surface area contributed by atoms with Gasteiger partial charge in [0.15, 0.2) is 0 Å². The quantitative estimate of drug-likeness (QED) is 0.899. The number of fused-ring (bicyclic) bond motifs is 1. The third-order valence-electron chi connectivity index (χ3n) is 2.38. The van der Waals surface area contributed by atoms with Crippen LogP contribution >= 0.6 is 0 Å². The fraction of sp³-hybridized carbons (Fsp3) is 0.400. The van der Waals surface area contributed by atoms with Gasteiger partial charge >= 0.3 is 12.1 Å². The maximum Gasteiger partial charge on any atom is 0.405 e. The minimum atomic E-state index is -4.54. The number of halogens is 3. The van der Waals surface area contributed by atoms with Gasteiger partial charge in [0.05, 0.1) is 0 Å². The van der Waals surface area contributed by atoms with Crippen molar-refractivity contribution in [3.63, 3.8) is 0 Å². The minimum Gasteiger partial charge on any atom is -0.480 e. The van der Waals surface area contributed by atoms with E-state index in [1.807, 2.05) is 0 Å². The molecule has 0 aliphatic heterocycles. The highest BCUT2D eigenvalue weighted by atomic mass is 19.4. The van der Waals surface area contributed by atoms with Crippen molar-refractivity contribution in [1.29, 1.82) is 0 Å². The summed E-state index contributed by atoms with van der Waals surface area (Å²) in [6.45, 7) is -0.639. The Morgan fingerprint density at radius 2 is 2.20 bits per heavy atom. The summed E-state index contributed by atoms with van der Waals surface area (Å²) in [4.78, 5) is 19.2. The molecule has 108 valence electrons. The van der Waals surface area contributed by atoms with Crippen LogP contribution in [-0.2, 0) is 4.79 Å². The Kier molecular flexibility index (Phi) is 3.47. The van der Waals surface area contributed by atoms with Gasteiger partial charge in [-0.25, -0.2) is 4.98 Å². The second kappa shape index (κ2) is 4.94. The lowest BCUT2D eigenvalue weighted by Crippen LogP contribution is -2.39. The van der Waals surface area contributed by atoms with Crippen LogP contribution in [0.2, 0.25) is 0 Å². The number of hydrogen-bond donors (Lipinski definition) is 1. The molecule has 0 spiro atoms. The molecule has 0 bridgehead atoms. The van der Waals surface area contributed by atoms with Crippen LogP contribution in [0, 0.1) is 6.92 Å². The lowest BCUT2D eigenvalue weighted by Gasteiger charge is -2.24. The van der Waals surface area contributed by atoms with Crippen molar-refractivity contribution in [2.24, 2.45) is 0 Å². The smallest absolute Gasteiger partial charge is 0.405 e. The fourth-order valence-electron chi connectivity index (χ4n) is 1.73. The van der Waals surface area contributed by atoms with Crippen molar-refractivity contribution in [1.82, 2.24) is 19.6 Å². The van der Waals surface area contributed by atoms with Crippen molar-refractivity contribution >= 4 is 17.6 Å². The van der Waals surface area contributed by atoms with Gasteiger partial charge in [0.25, 0.3) is 5.78 Å². The van der Waals surface area contributed by atoms with Gasteiger partial charge in [-0.05, 0) is 6.92 Å². The SMILES string of the molecule is Cc1cc(N(CC(=O)O)CC(F)(F)F)n2ncnc2n1. The van der Waals surface area contributed by atoms with E-state index in [0.29, 0.717) is 10.6 Å². The predicted molar refractivity (Wildman–Crippen MR) is 61.4 cm³/mol. The standard InChI is InChI=1S/C10H10F3N5O2/c1-6-2-7(18-9(16-6)14-5-15-18)17(3-8(19)20)4-10(11,12)13/h2,5H,3-4H2,1H3,(H,19,20). The number of carbonyl (C=O) groups is 1. The zero-order valence-corrected chi connectivity index (χ0v) is 10.3. The number of nitrogens with zero attached hydrogens (tertiary/aromatic N) is 5. The van der Waals surface area contributed by atoms with E-state index in [1.165, 1.54) is 6.07 Å². The summed E-state index contributed by atoms with van der Waals surface area (Å²) in [6.07, 6.45) is -3.41. The average Bonchev–Trinajstić information content (AvgIpc) is 2.72. The molecule has 2 rings (SSSR count). The van der Waals surface area contributed by atoms with Crippen molar-refractivity contribution in [3.8, 4) is 0 Å². The maximum absolute atomic E-state index is 12.6. The molecule has 0 aromatic carbocycles. The Labute approximate surface area is 110 Å². The molecule has 0 amide bonds. The fourth-order valence-corrected chi connectivity index (χ4v) is 1.73. The van der Waals surface area contributed by atoms with Gasteiger partial charge in [-0.3, -0.25) is 4.79 Å². The second-order valence-electron chi connectivity index (χ2n) is 4.09. The van der Waals surface area contributed by atoms with Crippen LogP contribution in [0.5, 0.6) is 0 Å². The normalized spacial score (nSPS) is 11.8. The van der Waals surface area contributed by atoms with Crippen molar-refractivity contribution in [2.45, 2.75) is 13.1 Å². The van der Waals surface area contributed by atoms with Gasteiger partial charge in [0, 0.05) is 11.8 Å². The van der Waals surface area contributed by atoms with E-state index in [-0.39, 0.29) is 11.6 Å². The topological polar surface area (TPSA) is 83.6 Å². The average molecular weight is 289 g/mol. The number of alkyl halides is 3. The number of aliphatic carboxylic acids is 1. The lowest BCUT2D eigenvalue weighted by molar-refractivity contribution is -0.136. The molecule has 20 heavy (non-hydrogen) atoms. The Morgan fingerprint density at radius 1 is 1.50 bits per heavy atom. The zero-order chi connectivity index (χ0) is 14.9. The molecule has 0 aliphatic rings. The first-order valence-electron chi connectivity index (χ1n) is 5.47. The molecule has 2 aromatic heterocycles. The summed E-state index contributed by atoms with van der Waals surface area (Å²) < 4.78 is 38.8. The molecule has 7 nitrogen and oxygen atoms in total. The van der Waals surface area contributed by atoms with Gasteiger partial charge in [-0.1, -0.05) is 0 Å². The molecule has 0 saturated carbocycles. The Hall–Kier alpha value is -2.39. The number of hydrogen-bond acceptors (Lipinski definition) is 5. The van der Waals surface area contributed by atoms with Crippen LogP contribution in [0.3, 0.4) is 0 Å². The molecule has 2 heterocycles. The maximum atomic E-state index is 12.6. The highest BCUT2D eigenvalue weighted by Gasteiger charge is 2.33. The number of carboxylic acids is 1. The highest BCUT2D eigenvalue weighted by molar-refractivity contribution is 5.73. The largest absolute Gasteiger partial charge is 0.480 e. The monoisotopic (exact) mass is 289 g/mol. The minimum absolute atomic E-state index is 0.0234. The molecule has 0 fully saturated rings. The molecule has 2 aromatic rings. The van der Waals surface area contributed by atoms with Crippen LogP contribution in [0.4, 0.5) is 19.0 Å². The summed E-state index contributed by atoms with van der Waals surface area (Å²) in [5.74, 6) is -1.29. The number of rotatable bonds is 4. The van der Waals surface area contributed by atoms with E-state index in [1.54, 1.807) is 6.92 Å². The van der Waals surface area contributed by atoms with Gasteiger partial charge in [-0.2, -0.15) is 27.8 Å². The van der Waals surface area contributed by atoms with E-state index in [9.17, 15) is 18.0 Å². The summed E-state index contributed by atoms with van der Waals surface area (Å²) in [7, 11) is 0. The van der Waals surface area contributed by atoms with Gasteiger partial charge in [-0.15, -0.1) is 0 Å². The number of carboxylic acid groups (broad SMARTS) is 1. The van der Waals surface area contributed by atoms with Gasteiger partial charge < -0.3 is 10.0 Å². The molecule has 0 saturated heterocycles. The van der Waals surface area contributed by atoms with Gasteiger partial charge in [0.2, 0.25) is 0 Å². The van der Waals surface area contributed by atoms with Gasteiger partial charge in [0.1, 0.15) is 25.2 Å². The van der Waals surface area contributed by atoms with Crippen molar-refractivity contribution < 1.29 is 23.1 Å². The number of aromatic nitrogens is 4. The van der Waals surface area contributed by atoms with Crippen LogP contribution in [-0.4, -0.2) is 49.9 Å². The third-order valence-corrected chi connectivity index (χ3v) is 2.38. The Bertz CT molecular complexity index is 639. The van der Waals surface area contributed by atoms with E-state index in [4.69, 9.17) is 5.11 Å². The molecule has 10 heteroatoms. The van der Waals surface area contributed by atoms with Crippen molar-refractivity contribution in [2.75, 3.05) is 18.0 Å². The summed E-state index contributed by atoms with van der Waals surface area (Å²) >= 11 is 0. The van der Waals surface area contributed by atoms with Crippen LogP contribution in [0.1, 0.15) is 5.69 Å². The van der Waals surface area contributed by atoms with E-state index in [2.05, 4.69) is 15.1 Å². The first-order chi connectivity index (χ1) is 9.26. The first-order valence-corrected chi connectivity index (χ1v) is 5.47. The first kappa shape index (κ1) is 14.0. The molecular weight excluding hydrogens is 279 g/mol. The highest BCUT2D eigenvalue weighted by Crippen LogP contribution is 2.22. The van der Waals surface area contributed by atoms with E-state index in [0.717, 1.165) is 10.8 Å². The second-order valence-corrected chi connectivity index (χ2v) is 4.09. The molecule has 0 atom stereocenters. The molecule has 0 radical (unpaired) electrons. The van der Waals surface area contributed by atoms with E-state index < -0.39 is 25.2 Å². The van der Waals surface area contributed by atoms with E-state index >= 15 is 0 Å². The molecular formula is C10H10F3N5O2. The predicted octanol–water partition coefficient (Wildman–Crippen LogP) is 0.886. The summed E-state index contributed by atoms with van der Waals surface area (Å²) in [6, 6.07) is 1.33. The van der Waals surface area contributed by atoms with Crippen molar-refractivity contribution in [3.05, 3.63) is 18.1 Å². The Balaban J connectivity index is 2.49. The third kappa shape index (κ3) is 3.13. The number of aryl methyl sites for hydroxylation is 1. The molecule has 0 unspecified atom stereocenters. The zero-order valence-electron chi connectivity index (χ0n) is 10.3. The molecule has 0 aliphatic carbocycles. The summed E-state index contributed by atoms with van der Waals surface area (Å²) in [5, 5.41) is 12.5. The Morgan fingerprint density at radius 3 is 2.80 bits per heavy atom. The van der Waals surface area contributed by atoms with Crippen LogP contribution < -0.4 is 4.90 Å². The van der Waals surface area contributed by atoms with Crippen LogP contribution in [0.25, 0.3) is 5.78 Å². The molecule has 1 N–H and O–H groups in total. The lowest BCUT2D eigenvalue weighted by atomic mass is 10.3. The summed E-state index contributed by atoms with van der Waals surface area (Å²) in [5.41, 5.74) is 0.415. The number of anilines is 1.